The lowest BCUT2D eigenvalue weighted by Crippen LogP contribution is -2.18. The highest BCUT2D eigenvalue weighted by atomic mass is 19.4. The Morgan fingerprint density at radius 2 is 1.69 bits per heavy atom. The Bertz CT molecular complexity index is 1010. The summed E-state index contributed by atoms with van der Waals surface area (Å²) in [6.45, 7) is 0. The quantitative estimate of drug-likeness (QED) is 0.636. The Morgan fingerprint density at radius 3 is 2.28 bits per heavy atom. The van der Waals surface area contributed by atoms with Gasteiger partial charge in [-0.3, -0.25) is 4.79 Å². The second kappa shape index (κ2) is 8.05. The smallest absolute Gasteiger partial charge is 0.464 e. The normalized spacial score (nSPS) is 11.0. The molecule has 3 aromatic rings. The van der Waals surface area contributed by atoms with Crippen LogP contribution in [0.3, 0.4) is 0 Å². The van der Waals surface area contributed by atoms with E-state index in [4.69, 9.17) is 4.52 Å². The SMILES string of the molecule is COC(=O)c1noc(-c2ccccc2)c1C(=O)Nc1ccc(OC(F)(F)F)cc1. The van der Waals surface area contributed by atoms with E-state index in [1.165, 1.54) is 12.1 Å². The van der Waals surface area contributed by atoms with Gasteiger partial charge in [-0.15, -0.1) is 13.2 Å². The van der Waals surface area contributed by atoms with Crippen LogP contribution in [-0.4, -0.2) is 30.5 Å². The second-order valence-corrected chi connectivity index (χ2v) is 5.62. The molecule has 0 aliphatic rings. The number of halogens is 3. The maximum atomic E-state index is 12.8. The molecule has 0 aliphatic heterocycles. The number of hydrogen-bond donors (Lipinski definition) is 1. The third-order valence-corrected chi connectivity index (χ3v) is 3.68. The zero-order valence-corrected chi connectivity index (χ0v) is 14.8. The summed E-state index contributed by atoms with van der Waals surface area (Å²) >= 11 is 0. The van der Waals surface area contributed by atoms with Gasteiger partial charge in [0.25, 0.3) is 5.91 Å². The molecule has 1 aromatic heterocycles. The first-order valence-electron chi connectivity index (χ1n) is 8.09. The van der Waals surface area contributed by atoms with Crippen LogP contribution in [0.15, 0.2) is 59.1 Å². The molecule has 1 N–H and O–H groups in total. The molecule has 150 valence electrons. The number of carbonyl (C=O) groups is 2. The number of amides is 1. The van der Waals surface area contributed by atoms with Gasteiger partial charge in [-0.05, 0) is 24.3 Å². The van der Waals surface area contributed by atoms with E-state index in [1.807, 2.05) is 0 Å². The summed E-state index contributed by atoms with van der Waals surface area (Å²) in [5.41, 5.74) is 0.161. The minimum Gasteiger partial charge on any atom is -0.464 e. The molecule has 0 saturated carbocycles. The van der Waals surface area contributed by atoms with E-state index in [1.54, 1.807) is 30.3 Å². The number of ether oxygens (including phenoxy) is 2. The van der Waals surface area contributed by atoms with Gasteiger partial charge in [0.05, 0.1) is 7.11 Å². The van der Waals surface area contributed by atoms with Gasteiger partial charge in [0.1, 0.15) is 11.3 Å². The highest BCUT2D eigenvalue weighted by Gasteiger charge is 2.31. The van der Waals surface area contributed by atoms with Crippen molar-refractivity contribution in [1.29, 1.82) is 0 Å². The van der Waals surface area contributed by atoms with Crippen molar-refractivity contribution in [2.45, 2.75) is 6.36 Å². The summed E-state index contributed by atoms with van der Waals surface area (Å²) in [7, 11) is 1.13. The number of alkyl halides is 3. The highest BCUT2D eigenvalue weighted by molar-refractivity contribution is 6.13. The average molecular weight is 406 g/mol. The molecular weight excluding hydrogens is 393 g/mol. The molecule has 1 amide bonds. The van der Waals surface area contributed by atoms with Gasteiger partial charge in [0.15, 0.2) is 5.76 Å². The van der Waals surface area contributed by atoms with E-state index in [2.05, 4.69) is 19.9 Å². The molecule has 0 atom stereocenters. The molecule has 0 saturated heterocycles. The van der Waals surface area contributed by atoms with Crippen molar-refractivity contribution < 1.29 is 36.8 Å². The first kappa shape index (κ1) is 19.9. The van der Waals surface area contributed by atoms with Crippen LogP contribution in [0, 0.1) is 0 Å². The summed E-state index contributed by atoms with van der Waals surface area (Å²) < 4.78 is 50.3. The molecule has 0 bridgehead atoms. The molecule has 29 heavy (non-hydrogen) atoms. The van der Waals surface area contributed by atoms with E-state index in [0.717, 1.165) is 19.2 Å². The van der Waals surface area contributed by atoms with Crippen molar-refractivity contribution in [1.82, 2.24) is 5.16 Å². The number of aromatic nitrogens is 1. The van der Waals surface area contributed by atoms with E-state index < -0.39 is 24.0 Å². The first-order valence-corrected chi connectivity index (χ1v) is 8.09. The van der Waals surface area contributed by atoms with Crippen LogP contribution in [-0.2, 0) is 4.74 Å². The van der Waals surface area contributed by atoms with Crippen molar-refractivity contribution in [2.75, 3.05) is 12.4 Å². The van der Waals surface area contributed by atoms with Crippen LogP contribution in [0.4, 0.5) is 18.9 Å². The van der Waals surface area contributed by atoms with Gasteiger partial charge < -0.3 is 19.3 Å². The Morgan fingerprint density at radius 1 is 1.03 bits per heavy atom. The standard InChI is InChI=1S/C19H13F3N2O5/c1-27-18(26)15-14(16(29-24-15)11-5-3-2-4-6-11)17(25)23-12-7-9-13(10-8-12)28-19(20,21)22/h2-10H,1H3,(H,23,25). The number of benzene rings is 2. The third-order valence-electron chi connectivity index (χ3n) is 3.68. The van der Waals surface area contributed by atoms with Crippen LogP contribution in [0.2, 0.25) is 0 Å². The molecule has 1 heterocycles. The van der Waals surface area contributed by atoms with Gasteiger partial charge in [-0.25, -0.2) is 4.79 Å². The number of nitrogens with zero attached hydrogens (tertiary/aromatic N) is 1. The molecule has 3 rings (SSSR count). The molecular formula is C19H13F3N2O5. The first-order chi connectivity index (χ1) is 13.8. The van der Waals surface area contributed by atoms with Crippen molar-refractivity contribution in [3.63, 3.8) is 0 Å². The summed E-state index contributed by atoms with van der Waals surface area (Å²) in [6, 6.07) is 13.0. The summed E-state index contributed by atoms with van der Waals surface area (Å²) in [5.74, 6) is -2.04. The van der Waals surface area contributed by atoms with Gasteiger partial charge in [-0.1, -0.05) is 35.5 Å². The molecule has 0 fully saturated rings. The number of nitrogens with one attached hydrogen (secondary N) is 1. The second-order valence-electron chi connectivity index (χ2n) is 5.62. The van der Waals surface area contributed by atoms with Gasteiger partial charge in [0.2, 0.25) is 5.69 Å². The summed E-state index contributed by atoms with van der Waals surface area (Å²) in [5, 5.41) is 6.11. The largest absolute Gasteiger partial charge is 0.573 e. The van der Waals surface area contributed by atoms with Crippen molar-refractivity contribution >= 4 is 17.6 Å². The monoisotopic (exact) mass is 406 g/mol. The van der Waals surface area contributed by atoms with Gasteiger partial charge in [0, 0.05) is 11.3 Å². The fourth-order valence-corrected chi connectivity index (χ4v) is 2.46. The predicted molar refractivity (Wildman–Crippen MR) is 94.4 cm³/mol. The fraction of sp³-hybridized carbons (Fsp3) is 0.105. The number of hydrogen-bond acceptors (Lipinski definition) is 6. The number of carbonyl (C=O) groups excluding carboxylic acids is 2. The van der Waals surface area contributed by atoms with Crippen LogP contribution in [0.25, 0.3) is 11.3 Å². The van der Waals surface area contributed by atoms with Crippen molar-refractivity contribution in [3.8, 4) is 17.1 Å². The number of methoxy groups -OCH3 is 1. The zero-order valence-electron chi connectivity index (χ0n) is 14.8. The van der Waals surface area contributed by atoms with E-state index in [9.17, 15) is 22.8 Å². The number of rotatable bonds is 5. The van der Waals surface area contributed by atoms with Crippen molar-refractivity contribution in [2.24, 2.45) is 0 Å². The van der Waals surface area contributed by atoms with Crippen LogP contribution in [0.5, 0.6) is 5.75 Å². The lowest BCUT2D eigenvalue weighted by Gasteiger charge is -2.10. The van der Waals surface area contributed by atoms with Crippen LogP contribution in [0.1, 0.15) is 20.8 Å². The highest BCUT2D eigenvalue weighted by Crippen LogP contribution is 2.28. The van der Waals surface area contributed by atoms with Crippen LogP contribution < -0.4 is 10.1 Å². The molecule has 0 aliphatic carbocycles. The summed E-state index contributed by atoms with van der Waals surface area (Å²) in [6.07, 6.45) is -4.83. The van der Waals surface area contributed by atoms with Gasteiger partial charge >= 0.3 is 12.3 Å². The number of esters is 1. The van der Waals surface area contributed by atoms with E-state index >= 15 is 0 Å². The average Bonchev–Trinajstić information content (AvgIpc) is 3.14. The maximum Gasteiger partial charge on any atom is 0.573 e. The molecule has 0 spiro atoms. The van der Waals surface area contributed by atoms with Crippen LogP contribution >= 0.6 is 0 Å². The van der Waals surface area contributed by atoms with Crippen molar-refractivity contribution in [3.05, 3.63) is 65.9 Å². The molecule has 0 unspecified atom stereocenters. The molecule has 0 radical (unpaired) electrons. The predicted octanol–water partition coefficient (Wildman–Crippen LogP) is 4.28. The Labute approximate surface area is 162 Å². The minimum atomic E-state index is -4.83. The molecule has 7 nitrogen and oxygen atoms in total. The molecule has 2 aromatic carbocycles. The zero-order chi connectivity index (χ0) is 21.0. The Hall–Kier alpha value is -3.82. The lowest BCUT2D eigenvalue weighted by molar-refractivity contribution is -0.274. The van der Waals surface area contributed by atoms with E-state index in [-0.39, 0.29) is 22.7 Å². The topological polar surface area (TPSA) is 90.7 Å². The number of anilines is 1. The maximum absolute atomic E-state index is 12.8. The summed E-state index contributed by atoms with van der Waals surface area (Å²) in [4.78, 5) is 24.8. The third kappa shape index (κ3) is 4.72. The minimum absolute atomic E-state index is 0.0422. The fourth-order valence-electron chi connectivity index (χ4n) is 2.46. The Balaban J connectivity index is 1.90. The Kier molecular flexibility index (Phi) is 5.53. The molecule has 10 heteroatoms. The van der Waals surface area contributed by atoms with E-state index in [0.29, 0.717) is 5.56 Å². The van der Waals surface area contributed by atoms with Gasteiger partial charge in [-0.2, -0.15) is 0 Å². The lowest BCUT2D eigenvalue weighted by atomic mass is 10.1.